The first-order chi connectivity index (χ1) is 11.6. The molecule has 3 aromatic rings. The Bertz CT molecular complexity index is 927. The molecule has 0 spiro atoms. The number of halogens is 1. The minimum Gasteiger partial charge on any atom is -0.454 e. The van der Waals surface area contributed by atoms with Gasteiger partial charge in [-0.2, -0.15) is 0 Å². The minimum absolute atomic E-state index is 0.275. The highest BCUT2D eigenvalue weighted by Gasteiger charge is 2.13. The Balaban J connectivity index is 1.62. The van der Waals surface area contributed by atoms with E-state index in [4.69, 9.17) is 4.74 Å². The van der Waals surface area contributed by atoms with Gasteiger partial charge in [-0.15, -0.1) is 0 Å². The van der Waals surface area contributed by atoms with E-state index in [-0.39, 0.29) is 18.0 Å². The molecule has 1 N–H and O–H groups in total. The lowest BCUT2D eigenvalue weighted by molar-refractivity contribution is -0.136. The smallest absolute Gasteiger partial charge is 0.331 e. The number of esters is 1. The standard InChI is InChI=1S/C19H14FNO3/c20-16-7-3-1-5-13(16)9-10-19(23)24-12-18(22)15-11-21-17-8-4-2-6-14(15)17/h1-11,21H,12H2/b10-9+. The van der Waals surface area contributed by atoms with Crippen molar-refractivity contribution < 1.29 is 18.7 Å². The van der Waals surface area contributed by atoms with Crippen molar-refractivity contribution in [2.75, 3.05) is 6.61 Å². The summed E-state index contributed by atoms with van der Waals surface area (Å²) in [5.41, 5.74) is 1.58. The Labute approximate surface area is 137 Å². The van der Waals surface area contributed by atoms with E-state index < -0.39 is 11.8 Å². The van der Waals surface area contributed by atoms with Crippen LogP contribution >= 0.6 is 0 Å². The van der Waals surface area contributed by atoms with Crippen LogP contribution in [0.2, 0.25) is 0 Å². The predicted molar refractivity (Wildman–Crippen MR) is 89.0 cm³/mol. The Hall–Kier alpha value is -3.21. The van der Waals surface area contributed by atoms with Gasteiger partial charge in [0.1, 0.15) is 5.82 Å². The number of ether oxygens (including phenoxy) is 1. The highest BCUT2D eigenvalue weighted by Crippen LogP contribution is 2.18. The molecule has 24 heavy (non-hydrogen) atoms. The van der Waals surface area contributed by atoms with Crippen LogP contribution in [0.3, 0.4) is 0 Å². The molecule has 0 saturated carbocycles. The lowest BCUT2D eigenvalue weighted by atomic mass is 10.1. The number of fused-ring (bicyclic) bond motifs is 1. The Morgan fingerprint density at radius 3 is 2.67 bits per heavy atom. The van der Waals surface area contributed by atoms with E-state index in [1.807, 2.05) is 24.3 Å². The van der Waals surface area contributed by atoms with E-state index in [0.717, 1.165) is 17.0 Å². The first kappa shape index (κ1) is 15.7. The maximum Gasteiger partial charge on any atom is 0.331 e. The predicted octanol–water partition coefficient (Wildman–Crippen LogP) is 3.75. The van der Waals surface area contributed by atoms with Gasteiger partial charge < -0.3 is 9.72 Å². The third kappa shape index (κ3) is 3.41. The molecule has 0 aliphatic carbocycles. The van der Waals surface area contributed by atoms with Gasteiger partial charge in [0.2, 0.25) is 5.78 Å². The fourth-order valence-electron chi connectivity index (χ4n) is 2.33. The van der Waals surface area contributed by atoms with Crippen molar-refractivity contribution in [2.45, 2.75) is 0 Å². The summed E-state index contributed by atoms with van der Waals surface area (Å²) in [6.45, 7) is -0.373. The number of Topliss-reactive ketones (excluding diaryl/α,β-unsaturated/α-hetero) is 1. The maximum absolute atomic E-state index is 13.4. The van der Waals surface area contributed by atoms with Gasteiger partial charge in [0.25, 0.3) is 0 Å². The largest absolute Gasteiger partial charge is 0.454 e. The maximum atomic E-state index is 13.4. The molecule has 4 nitrogen and oxygen atoms in total. The molecule has 0 aliphatic heterocycles. The van der Waals surface area contributed by atoms with Crippen molar-refractivity contribution in [3.8, 4) is 0 Å². The summed E-state index contributed by atoms with van der Waals surface area (Å²) in [6.07, 6.45) is 4.00. The molecule has 0 amide bonds. The summed E-state index contributed by atoms with van der Waals surface area (Å²) >= 11 is 0. The lowest BCUT2D eigenvalue weighted by Gasteiger charge is -2.01. The normalized spacial score (nSPS) is 11.0. The zero-order valence-electron chi connectivity index (χ0n) is 12.7. The quantitative estimate of drug-likeness (QED) is 0.442. The molecular weight excluding hydrogens is 309 g/mol. The summed E-state index contributed by atoms with van der Waals surface area (Å²) < 4.78 is 18.4. The van der Waals surface area contributed by atoms with E-state index in [2.05, 4.69) is 4.98 Å². The van der Waals surface area contributed by atoms with Gasteiger partial charge in [0.15, 0.2) is 6.61 Å². The van der Waals surface area contributed by atoms with Crippen LogP contribution in [0.5, 0.6) is 0 Å². The van der Waals surface area contributed by atoms with E-state index >= 15 is 0 Å². The average Bonchev–Trinajstić information content (AvgIpc) is 3.03. The van der Waals surface area contributed by atoms with Crippen LogP contribution in [0.4, 0.5) is 4.39 Å². The van der Waals surface area contributed by atoms with Gasteiger partial charge >= 0.3 is 5.97 Å². The van der Waals surface area contributed by atoms with Crippen LogP contribution in [0.25, 0.3) is 17.0 Å². The van der Waals surface area contributed by atoms with Gasteiger partial charge in [-0.05, 0) is 18.2 Å². The number of rotatable bonds is 5. The summed E-state index contributed by atoms with van der Waals surface area (Å²) in [4.78, 5) is 26.8. The Morgan fingerprint density at radius 2 is 1.83 bits per heavy atom. The van der Waals surface area contributed by atoms with Gasteiger partial charge in [0, 0.05) is 34.3 Å². The molecule has 3 rings (SSSR count). The van der Waals surface area contributed by atoms with Crippen molar-refractivity contribution in [1.82, 2.24) is 4.98 Å². The number of aromatic amines is 1. The molecule has 0 bridgehead atoms. The molecule has 1 aromatic heterocycles. The number of H-pyrrole nitrogens is 1. The number of hydrogen-bond acceptors (Lipinski definition) is 3. The van der Waals surface area contributed by atoms with Crippen molar-refractivity contribution in [1.29, 1.82) is 0 Å². The number of aromatic nitrogens is 1. The van der Waals surface area contributed by atoms with Gasteiger partial charge in [0.05, 0.1) is 0 Å². The molecule has 2 aromatic carbocycles. The highest BCUT2D eigenvalue weighted by molar-refractivity contribution is 6.09. The van der Waals surface area contributed by atoms with E-state index in [9.17, 15) is 14.0 Å². The number of ketones is 1. The van der Waals surface area contributed by atoms with E-state index in [0.29, 0.717) is 5.56 Å². The zero-order valence-corrected chi connectivity index (χ0v) is 12.7. The van der Waals surface area contributed by atoms with Gasteiger partial charge in [-0.3, -0.25) is 4.79 Å². The summed E-state index contributed by atoms with van der Waals surface area (Å²) in [6, 6.07) is 13.4. The van der Waals surface area contributed by atoms with E-state index in [1.165, 1.54) is 18.2 Å². The molecule has 0 fully saturated rings. The van der Waals surface area contributed by atoms with Crippen LogP contribution in [0.15, 0.2) is 60.8 Å². The van der Waals surface area contributed by atoms with Crippen LogP contribution in [0, 0.1) is 5.82 Å². The second kappa shape index (κ2) is 6.91. The number of carbonyl (C=O) groups excluding carboxylic acids is 2. The van der Waals surface area contributed by atoms with Crippen LogP contribution < -0.4 is 0 Å². The van der Waals surface area contributed by atoms with E-state index in [1.54, 1.807) is 18.3 Å². The third-order valence-electron chi connectivity index (χ3n) is 3.54. The summed E-state index contributed by atoms with van der Waals surface area (Å²) in [7, 11) is 0. The van der Waals surface area contributed by atoms with Gasteiger partial charge in [-0.1, -0.05) is 36.4 Å². The first-order valence-electron chi connectivity index (χ1n) is 7.34. The number of hydrogen-bond donors (Lipinski definition) is 1. The van der Waals surface area contributed by atoms with Crippen molar-refractivity contribution in [2.24, 2.45) is 0 Å². The fraction of sp³-hybridized carbons (Fsp3) is 0.0526. The molecule has 0 aliphatic rings. The molecule has 0 unspecified atom stereocenters. The zero-order chi connectivity index (χ0) is 16.9. The molecule has 0 atom stereocenters. The first-order valence-corrected chi connectivity index (χ1v) is 7.34. The van der Waals surface area contributed by atoms with Crippen molar-refractivity contribution >= 4 is 28.7 Å². The third-order valence-corrected chi connectivity index (χ3v) is 3.54. The number of carbonyl (C=O) groups is 2. The highest BCUT2D eigenvalue weighted by atomic mass is 19.1. The average molecular weight is 323 g/mol. The van der Waals surface area contributed by atoms with Crippen LogP contribution in [-0.4, -0.2) is 23.3 Å². The minimum atomic E-state index is -0.702. The monoisotopic (exact) mass is 323 g/mol. The molecule has 0 saturated heterocycles. The van der Waals surface area contributed by atoms with Crippen LogP contribution in [-0.2, 0) is 9.53 Å². The summed E-state index contributed by atoms with van der Waals surface area (Å²) in [5, 5.41) is 0.778. The second-order valence-corrected chi connectivity index (χ2v) is 5.13. The molecular formula is C19H14FNO3. The van der Waals surface area contributed by atoms with Crippen molar-refractivity contribution in [3.05, 3.63) is 77.7 Å². The molecule has 0 radical (unpaired) electrons. The Kier molecular flexibility index (Phi) is 4.52. The SMILES string of the molecule is O=C(/C=C/c1ccccc1F)OCC(=O)c1c[nH]c2ccccc12. The van der Waals surface area contributed by atoms with Gasteiger partial charge in [-0.25, -0.2) is 9.18 Å². The fourth-order valence-corrected chi connectivity index (χ4v) is 2.33. The number of para-hydroxylation sites is 1. The topological polar surface area (TPSA) is 59.2 Å². The lowest BCUT2D eigenvalue weighted by Crippen LogP contribution is -2.12. The van der Waals surface area contributed by atoms with Crippen LogP contribution in [0.1, 0.15) is 15.9 Å². The molecule has 120 valence electrons. The molecule has 5 heteroatoms. The summed E-state index contributed by atoms with van der Waals surface area (Å²) in [5.74, 6) is -1.44. The van der Waals surface area contributed by atoms with Crippen molar-refractivity contribution in [3.63, 3.8) is 0 Å². The second-order valence-electron chi connectivity index (χ2n) is 5.13. The number of nitrogens with one attached hydrogen (secondary N) is 1. The Morgan fingerprint density at radius 1 is 1.08 bits per heavy atom. The molecule has 1 heterocycles. The number of benzene rings is 2.